The van der Waals surface area contributed by atoms with Crippen molar-refractivity contribution in [3.05, 3.63) is 88.4 Å². The van der Waals surface area contributed by atoms with Crippen molar-refractivity contribution in [3.8, 4) is 11.1 Å². The van der Waals surface area contributed by atoms with Crippen LogP contribution in [-0.2, 0) is 0 Å². The molecule has 3 aromatic rings. The van der Waals surface area contributed by atoms with Crippen molar-refractivity contribution in [3.63, 3.8) is 0 Å². The molecule has 3 aromatic carbocycles. The lowest BCUT2D eigenvalue weighted by Crippen LogP contribution is -2.16. The number of alkyl halides is 3. The van der Waals surface area contributed by atoms with Crippen molar-refractivity contribution in [2.75, 3.05) is 5.32 Å². The second kappa shape index (κ2) is 8.91. The van der Waals surface area contributed by atoms with Crippen LogP contribution in [0.15, 0.2) is 66.7 Å². The lowest BCUT2D eigenvalue weighted by atomic mass is 9.90. The van der Waals surface area contributed by atoms with Gasteiger partial charge in [-0.3, -0.25) is 0 Å². The van der Waals surface area contributed by atoms with Crippen LogP contribution in [0.2, 0.25) is 5.02 Å². The summed E-state index contributed by atoms with van der Waals surface area (Å²) in [7, 11) is 0. The summed E-state index contributed by atoms with van der Waals surface area (Å²) >= 11 is 5.99. The summed E-state index contributed by atoms with van der Waals surface area (Å²) in [6.07, 6.45) is -5.06. The van der Waals surface area contributed by atoms with E-state index in [0.29, 0.717) is 5.02 Å². The molecule has 0 amide bonds. The van der Waals surface area contributed by atoms with Crippen molar-refractivity contribution in [2.24, 2.45) is 0 Å². The lowest BCUT2D eigenvalue weighted by molar-refractivity contribution is -0.136. The highest BCUT2D eigenvalue weighted by atomic mass is 35.5. The van der Waals surface area contributed by atoms with Crippen LogP contribution in [0.4, 0.5) is 18.9 Å². The summed E-state index contributed by atoms with van der Waals surface area (Å²) in [5.41, 5.74) is 5.82. The zero-order chi connectivity index (χ0) is 21.0. The molecule has 0 saturated heterocycles. The van der Waals surface area contributed by atoms with Crippen molar-refractivity contribution in [2.45, 2.75) is 38.9 Å². The third-order valence-electron chi connectivity index (χ3n) is 4.92. The summed E-state index contributed by atoms with van der Waals surface area (Å²) in [6.45, 7) is 3.98. The molecule has 0 bridgehead atoms. The molecule has 0 aromatic heterocycles. The normalized spacial score (nSPS) is 12.6. The van der Waals surface area contributed by atoms with Gasteiger partial charge >= 0.3 is 6.18 Å². The maximum atomic E-state index is 12.9. The van der Waals surface area contributed by atoms with E-state index in [1.54, 1.807) is 0 Å². The minimum atomic E-state index is -4.19. The number of hydrogen-bond donors (Lipinski definition) is 1. The molecular formula is C24H23ClF3N. The molecule has 0 aliphatic rings. The number of hydrogen-bond acceptors (Lipinski definition) is 1. The number of benzene rings is 3. The molecule has 0 aliphatic carbocycles. The van der Waals surface area contributed by atoms with Gasteiger partial charge in [-0.1, -0.05) is 54.1 Å². The van der Waals surface area contributed by atoms with E-state index in [2.05, 4.69) is 5.32 Å². The third kappa shape index (κ3) is 5.77. The summed E-state index contributed by atoms with van der Waals surface area (Å²) < 4.78 is 38.7. The van der Waals surface area contributed by atoms with E-state index in [9.17, 15) is 13.2 Å². The molecular weight excluding hydrogens is 395 g/mol. The van der Waals surface area contributed by atoms with Crippen molar-refractivity contribution in [1.82, 2.24) is 0 Å². The topological polar surface area (TPSA) is 12.0 Å². The van der Waals surface area contributed by atoms with Gasteiger partial charge < -0.3 is 5.32 Å². The summed E-state index contributed by atoms with van der Waals surface area (Å²) in [4.78, 5) is 0. The minimum absolute atomic E-state index is 0.0302. The molecule has 0 spiro atoms. The van der Waals surface area contributed by atoms with Crippen LogP contribution in [0.1, 0.15) is 35.6 Å². The van der Waals surface area contributed by atoms with E-state index < -0.39 is 18.6 Å². The Bertz CT molecular complexity index is 927. The predicted octanol–water partition coefficient (Wildman–Crippen LogP) is 8.12. The quantitative estimate of drug-likeness (QED) is 0.427. The van der Waals surface area contributed by atoms with Crippen LogP contribution in [-0.4, -0.2) is 6.18 Å². The van der Waals surface area contributed by atoms with Crippen molar-refractivity contribution < 1.29 is 13.2 Å². The summed E-state index contributed by atoms with van der Waals surface area (Å²) in [5.74, 6) is 0. The van der Waals surface area contributed by atoms with E-state index in [4.69, 9.17) is 11.6 Å². The highest BCUT2D eigenvalue weighted by Gasteiger charge is 2.29. The fourth-order valence-electron chi connectivity index (χ4n) is 3.64. The Kier molecular flexibility index (Phi) is 6.53. The average molecular weight is 418 g/mol. The van der Waals surface area contributed by atoms with Gasteiger partial charge in [-0.15, -0.1) is 0 Å². The van der Waals surface area contributed by atoms with Crippen LogP contribution < -0.4 is 5.32 Å². The van der Waals surface area contributed by atoms with Crippen LogP contribution in [0.25, 0.3) is 11.1 Å². The second-order valence-corrected chi connectivity index (χ2v) is 7.69. The molecule has 0 aliphatic heterocycles. The third-order valence-corrected chi connectivity index (χ3v) is 5.17. The number of aryl methyl sites for hydroxylation is 2. The number of nitrogens with one attached hydrogen (secondary N) is 1. The van der Waals surface area contributed by atoms with E-state index in [1.807, 2.05) is 80.6 Å². The van der Waals surface area contributed by atoms with Crippen LogP contribution in [0.5, 0.6) is 0 Å². The molecule has 1 unspecified atom stereocenters. The molecule has 5 heteroatoms. The Balaban J connectivity index is 1.95. The fraction of sp³-hybridized carbons (Fsp3) is 0.250. The average Bonchev–Trinajstić information content (AvgIpc) is 2.66. The number of rotatable bonds is 6. The molecule has 0 fully saturated rings. The molecule has 1 atom stereocenters. The predicted molar refractivity (Wildman–Crippen MR) is 114 cm³/mol. The summed E-state index contributed by atoms with van der Waals surface area (Å²) in [6, 6.07) is 20.5. The zero-order valence-corrected chi connectivity index (χ0v) is 17.1. The summed E-state index contributed by atoms with van der Waals surface area (Å²) in [5, 5.41) is 3.94. The Hall–Kier alpha value is -2.46. The molecule has 29 heavy (non-hydrogen) atoms. The van der Waals surface area contributed by atoms with Gasteiger partial charge in [0.2, 0.25) is 0 Å². The first-order valence-corrected chi connectivity index (χ1v) is 9.86. The largest absolute Gasteiger partial charge is 0.389 e. The molecule has 0 radical (unpaired) electrons. The zero-order valence-electron chi connectivity index (χ0n) is 16.4. The van der Waals surface area contributed by atoms with Crippen LogP contribution >= 0.6 is 11.6 Å². The van der Waals surface area contributed by atoms with Gasteiger partial charge in [0.05, 0.1) is 6.04 Å². The van der Waals surface area contributed by atoms with Gasteiger partial charge in [0.15, 0.2) is 0 Å². The molecule has 1 N–H and O–H groups in total. The first-order valence-electron chi connectivity index (χ1n) is 9.48. The molecule has 0 heterocycles. The number of anilines is 1. The maximum absolute atomic E-state index is 12.9. The van der Waals surface area contributed by atoms with E-state index in [-0.39, 0.29) is 6.42 Å². The van der Waals surface area contributed by atoms with Crippen LogP contribution in [0.3, 0.4) is 0 Å². The molecule has 0 saturated carbocycles. The second-order valence-electron chi connectivity index (χ2n) is 7.25. The van der Waals surface area contributed by atoms with Crippen LogP contribution in [0, 0.1) is 13.8 Å². The highest BCUT2D eigenvalue weighted by molar-refractivity contribution is 6.30. The van der Waals surface area contributed by atoms with Gasteiger partial charge in [0, 0.05) is 17.1 Å². The first-order chi connectivity index (χ1) is 13.7. The van der Waals surface area contributed by atoms with Gasteiger partial charge in [-0.25, -0.2) is 0 Å². The fourth-order valence-corrected chi connectivity index (χ4v) is 3.76. The maximum Gasteiger partial charge on any atom is 0.389 e. The Labute approximate surface area is 174 Å². The Morgan fingerprint density at radius 3 is 2.03 bits per heavy atom. The van der Waals surface area contributed by atoms with E-state index in [1.165, 1.54) is 0 Å². The Morgan fingerprint density at radius 2 is 1.48 bits per heavy atom. The van der Waals surface area contributed by atoms with E-state index in [0.717, 1.165) is 33.5 Å². The minimum Gasteiger partial charge on any atom is -0.378 e. The smallest absolute Gasteiger partial charge is 0.378 e. The molecule has 152 valence electrons. The van der Waals surface area contributed by atoms with Gasteiger partial charge in [0.25, 0.3) is 0 Å². The first kappa shape index (κ1) is 21.3. The van der Waals surface area contributed by atoms with Crippen molar-refractivity contribution in [1.29, 1.82) is 0 Å². The SMILES string of the molecule is Cc1cc(C(CCC(F)(F)F)Nc2ccccc2)cc(C)c1-c1ccc(Cl)cc1. The standard InChI is InChI=1S/C24H23ClF3N/c1-16-14-19(15-17(2)23(16)18-8-10-20(25)11-9-18)22(12-13-24(26,27)28)29-21-6-4-3-5-7-21/h3-11,14-15,22,29H,12-13H2,1-2H3. The monoisotopic (exact) mass is 417 g/mol. The lowest BCUT2D eigenvalue weighted by Gasteiger charge is -2.23. The molecule has 1 nitrogen and oxygen atoms in total. The van der Waals surface area contributed by atoms with Gasteiger partial charge in [-0.2, -0.15) is 13.2 Å². The highest BCUT2D eigenvalue weighted by Crippen LogP contribution is 2.35. The van der Waals surface area contributed by atoms with E-state index >= 15 is 0 Å². The molecule has 3 rings (SSSR count). The van der Waals surface area contributed by atoms with Gasteiger partial charge in [0.1, 0.15) is 0 Å². The number of halogens is 4. The van der Waals surface area contributed by atoms with Gasteiger partial charge in [-0.05, 0) is 72.4 Å². The van der Waals surface area contributed by atoms with Crippen molar-refractivity contribution >= 4 is 17.3 Å². The number of para-hydroxylation sites is 1. The Morgan fingerprint density at radius 1 is 0.897 bits per heavy atom.